The average molecular weight is 416 g/mol. The molecule has 0 aliphatic rings. The minimum absolute atomic E-state index is 0.00312. The number of hydrogen-bond acceptors (Lipinski definition) is 5. The van der Waals surface area contributed by atoms with Crippen molar-refractivity contribution in [3.05, 3.63) is 56.7 Å². The van der Waals surface area contributed by atoms with E-state index in [1.165, 1.54) is 35.0 Å². The lowest BCUT2D eigenvalue weighted by atomic mass is 10.1. The van der Waals surface area contributed by atoms with Crippen molar-refractivity contribution in [1.29, 1.82) is 0 Å². The van der Waals surface area contributed by atoms with E-state index in [1.807, 2.05) is 6.07 Å². The number of rotatable bonds is 7. The topological polar surface area (TPSA) is 59.4 Å². The van der Waals surface area contributed by atoms with Crippen LogP contribution in [0.3, 0.4) is 0 Å². The van der Waals surface area contributed by atoms with Gasteiger partial charge < -0.3 is 9.84 Å². The van der Waals surface area contributed by atoms with E-state index < -0.39 is 17.6 Å². The number of aryl methyl sites for hydroxylation is 1. The lowest BCUT2D eigenvalue weighted by molar-refractivity contribution is -0.136. The highest BCUT2D eigenvalue weighted by Gasteiger charge is 2.17. The average Bonchev–Trinajstić information content (AvgIpc) is 3.23. The molecule has 1 N–H and O–H groups in total. The molecule has 0 amide bonds. The van der Waals surface area contributed by atoms with Crippen molar-refractivity contribution < 1.29 is 23.4 Å². The second-order valence-corrected chi connectivity index (χ2v) is 7.67. The Balaban J connectivity index is 1.74. The highest BCUT2D eigenvalue weighted by Crippen LogP contribution is 2.34. The van der Waals surface area contributed by atoms with Crippen LogP contribution < -0.4 is 4.74 Å². The fourth-order valence-electron chi connectivity index (χ4n) is 2.28. The largest absolute Gasteiger partial charge is 0.486 e. The highest BCUT2D eigenvalue weighted by molar-refractivity contribution is 7.19. The molecule has 2 heterocycles. The molecule has 0 atom stereocenters. The normalized spacial score (nSPS) is 10.9. The smallest absolute Gasteiger partial charge is 0.303 e. The summed E-state index contributed by atoms with van der Waals surface area (Å²) >= 11 is 8.54. The van der Waals surface area contributed by atoms with Crippen LogP contribution >= 0.6 is 34.5 Å². The van der Waals surface area contributed by atoms with Crippen molar-refractivity contribution in [2.45, 2.75) is 19.4 Å². The van der Waals surface area contributed by atoms with Gasteiger partial charge in [0.2, 0.25) is 5.82 Å². The molecule has 0 saturated carbocycles. The van der Waals surface area contributed by atoms with Gasteiger partial charge in [-0.3, -0.25) is 4.79 Å². The van der Waals surface area contributed by atoms with E-state index >= 15 is 0 Å². The molecule has 26 heavy (non-hydrogen) atoms. The number of aromatic nitrogens is 1. The zero-order valence-electron chi connectivity index (χ0n) is 13.2. The third kappa shape index (κ3) is 4.20. The number of halogens is 3. The van der Waals surface area contributed by atoms with Crippen molar-refractivity contribution in [1.82, 2.24) is 4.37 Å². The molecule has 0 bridgehead atoms. The summed E-state index contributed by atoms with van der Waals surface area (Å²) in [5.74, 6) is -3.52. The Hall–Kier alpha value is -2.03. The van der Waals surface area contributed by atoms with Crippen molar-refractivity contribution in [2.24, 2.45) is 0 Å². The summed E-state index contributed by atoms with van der Waals surface area (Å²) < 4.78 is 38.6. The number of carboxylic acids is 1. The van der Waals surface area contributed by atoms with Crippen molar-refractivity contribution in [3.63, 3.8) is 0 Å². The maximum Gasteiger partial charge on any atom is 0.303 e. The second-order valence-electron chi connectivity index (χ2n) is 5.33. The minimum atomic E-state index is -1.13. The van der Waals surface area contributed by atoms with E-state index in [0.29, 0.717) is 10.0 Å². The van der Waals surface area contributed by atoms with Crippen LogP contribution in [0.5, 0.6) is 5.75 Å². The summed E-state index contributed by atoms with van der Waals surface area (Å²) in [5.41, 5.74) is 1.44. The van der Waals surface area contributed by atoms with Gasteiger partial charge in [0, 0.05) is 17.4 Å². The molecule has 9 heteroatoms. The van der Waals surface area contributed by atoms with E-state index in [4.69, 9.17) is 21.4 Å². The Bertz CT molecular complexity index is 942. The maximum absolute atomic E-state index is 14.2. The zero-order valence-corrected chi connectivity index (χ0v) is 15.6. The number of nitrogens with zero attached hydrogens (tertiary/aromatic N) is 1. The van der Waals surface area contributed by atoms with Crippen LogP contribution in [0.1, 0.15) is 17.5 Å². The first-order valence-electron chi connectivity index (χ1n) is 7.46. The molecular weight excluding hydrogens is 404 g/mol. The number of hydrogen-bond donors (Lipinski definition) is 1. The first-order chi connectivity index (χ1) is 12.5. The number of ether oxygens (including phenoxy) is 1. The molecule has 0 aliphatic heterocycles. The molecule has 0 unspecified atom stereocenters. The Morgan fingerprint density at radius 1 is 1.19 bits per heavy atom. The van der Waals surface area contributed by atoms with E-state index in [1.54, 1.807) is 11.4 Å². The second kappa shape index (κ2) is 8.11. The summed E-state index contributed by atoms with van der Waals surface area (Å²) in [7, 11) is 0. The highest BCUT2D eigenvalue weighted by atomic mass is 35.5. The fourth-order valence-corrected chi connectivity index (χ4v) is 4.08. The van der Waals surface area contributed by atoms with E-state index in [2.05, 4.69) is 4.37 Å². The van der Waals surface area contributed by atoms with Gasteiger partial charge >= 0.3 is 5.97 Å². The molecule has 2 aromatic heterocycles. The third-order valence-corrected chi connectivity index (χ3v) is 5.48. The number of carboxylic acid groups (broad SMARTS) is 1. The van der Waals surface area contributed by atoms with E-state index in [0.717, 1.165) is 10.4 Å². The molecule has 1 aromatic carbocycles. The first kappa shape index (κ1) is 18.8. The number of aliphatic carboxylic acids is 1. The van der Waals surface area contributed by atoms with Crippen LogP contribution in [0.25, 0.3) is 10.6 Å². The van der Waals surface area contributed by atoms with Crippen LogP contribution in [0.4, 0.5) is 8.78 Å². The van der Waals surface area contributed by atoms with Crippen molar-refractivity contribution >= 4 is 40.4 Å². The maximum atomic E-state index is 14.2. The first-order valence-corrected chi connectivity index (χ1v) is 9.49. The van der Waals surface area contributed by atoms with Gasteiger partial charge in [0.05, 0.1) is 9.21 Å². The lowest BCUT2D eigenvalue weighted by Gasteiger charge is -2.10. The van der Waals surface area contributed by atoms with Gasteiger partial charge in [0.15, 0.2) is 11.6 Å². The van der Waals surface area contributed by atoms with Crippen LogP contribution in [-0.4, -0.2) is 15.4 Å². The molecule has 3 aromatic rings. The van der Waals surface area contributed by atoms with E-state index in [-0.39, 0.29) is 30.8 Å². The van der Waals surface area contributed by atoms with Crippen LogP contribution in [0, 0.1) is 11.6 Å². The van der Waals surface area contributed by atoms with Gasteiger partial charge in [0.25, 0.3) is 0 Å². The summed E-state index contributed by atoms with van der Waals surface area (Å²) in [6, 6.07) is 6.24. The molecular formula is C17H12ClF2NO3S2. The molecule has 136 valence electrons. The van der Waals surface area contributed by atoms with Gasteiger partial charge in [-0.15, -0.1) is 11.3 Å². The Labute approximate surface area is 160 Å². The Morgan fingerprint density at radius 2 is 2.00 bits per heavy atom. The molecule has 0 radical (unpaired) electrons. The zero-order chi connectivity index (χ0) is 18.7. The Morgan fingerprint density at radius 3 is 2.69 bits per heavy atom. The van der Waals surface area contributed by atoms with Crippen LogP contribution in [0.2, 0.25) is 4.34 Å². The monoisotopic (exact) mass is 415 g/mol. The molecule has 0 saturated heterocycles. The number of carbonyl (C=O) groups is 1. The summed E-state index contributed by atoms with van der Waals surface area (Å²) in [6.07, 6.45) is -0.361. The predicted octanol–water partition coefficient (Wildman–Crippen LogP) is 5.40. The molecule has 4 nitrogen and oxygen atoms in total. The standard InChI is InChI=1S/C17H12ClF2NO3S2/c18-13-5-4-12(26-13)17-10(8-25-21-17)7-24-11-3-1-9(2-6-14(22)23)15(19)16(11)20/h1,3-5,8H,2,6-7H2,(H,22,23). The summed E-state index contributed by atoms with van der Waals surface area (Å²) in [6.45, 7) is 0.0200. The summed E-state index contributed by atoms with van der Waals surface area (Å²) in [5, 5.41) is 10.4. The van der Waals surface area contributed by atoms with Gasteiger partial charge in [-0.2, -0.15) is 8.76 Å². The van der Waals surface area contributed by atoms with E-state index in [9.17, 15) is 13.6 Å². The van der Waals surface area contributed by atoms with Gasteiger partial charge in [-0.1, -0.05) is 17.7 Å². The minimum Gasteiger partial charge on any atom is -0.486 e. The lowest BCUT2D eigenvalue weighted by Crippen LogP contribution is -2.04. The van der Waals surface area contributed by atoms with Gasteiger partial charge in [0.1, 0.15) is 12.3 Å². The molecule has 3 rings (SSSR count). The van der Waals surface area contributed by atoms with Crippen molar-refractivity contribution in [2.75, 3.05) is 0 Å². The quantitative estimate of drug-likeness (QED) is 0.561. The molecule has 0 spiro atoms. The SMILES string of the molecule is O=C(O)CCc1ccc(OCc2csnc2-c2ccc(Cl)s2)c(F)c1F. The molecule has 0 aliphatic carbocycles. The number of thiophene rings is 1. The van der Waals surface area contributed by atoms with Gasteiger partial charge in [-0.25, -0.2) is 4.39 Å². The summed E-state index contributed by atoms with van der Waals surface area (Å²) in [4.78, 5) is 11.4. The third-order valence-electron chi connectivity index (χ3n) is 3.57. The Kier molecular flexibility index (Phi) is 5.85. The van der Waals surface area contributed by atoms with Crippen molar-refractivity contribution in [3.8, 4) is 16.3 Å². The molecule has 0 fully saturated rings. The fraction of sp³-hybridized carbons (Fsp3) is 0.176. The predicted molar refractivity (Wildman–Crippen MR) is 97.1 cm³/mol. The van der Waals surface area contributed by atoms with Crippen LogP contribution in [0.15, 0.2) is 29.6 Å². The number of benzene rings is 1. The van der Waals surface area contributed by atoms with Crippen LogP contribution in [-0.2, 0) is 17.8 Å². The van der Waals surface area contributed by atoms with Gasteiger partial charge in [-0.05, 0) is 41.7 Å².